The Morgan fingerprint density at radius 2 is 0.510 bits per heavy atom. The van der Waals surface area contributed by atoms with Gasteiger partial charge in [0.05, 0.1) is 73.8 Å². The molecule has 11 heterocycles. The third-order valence-corrected chi connectivity index (χ3v) is 26.9. The van der Waals surface area contributed by atoms with Crippen molar-refractivity contribution in [1.82, 2.24) is 75.4 Å². The predicted octanol–water partition coefficient (Wildman–Crippen LogP) is 20.5. The molecule has 8 aromatic heterocycles. The summed E-state index contributed by atoms with van der Waals surface area (Å²) in [6.45, 7) is 9.52. The molecule has 3 saturated heterocycles. The van der Waals surface area contributed by atoms with E-state index in [0.29, 0.717) is 73.7 Å². The fraction of sp³-hybridized carbons (Fsp3) is 0.239. The second-order valence-electron chi connectivity index (χ2n) is 37.9. The van der Waals surface area contributed by atoms with Crippen LogP contribution in [0.15, 0.2) is 274 Å². The number of amides is 8. The number of likely N-dealkylation sites (tertiary alicyclic amines) is 3. The van der Waals surface area contributed by atoms with Gasteiger partial charge in [0.1, 0.15) is 11.5 Å². The summed E-state index contributed by atoms with van der Waals surface area (Å²) >= 11 is 0. The van der Waals surface area contributed by atoms with Crippen molar-refractivity contribution in [2.45, 2.75) is 110 Å². The van der Waals surface area contributed by atoms with Crippen molar-refractivity contribution in [1.29, 1.82) is 0 Å². The van der Waals surface area contributed by atoms with E-state index in [2.05, 4.69) is 136 Å². The minimum atomic E-state index is -0.379. The van der Waals surface area contributed by atoms with Gasteiger partial charge in [0.2, 0.25) is 23.6 Å². The van der Waals surface area contributed by atoms with Crippen LogP contribution >= 0.6 is 0 Å². The highest BCUT2D eigenvalue weighted by Crippen LogP contribution is 2.40. The van der Waals surface area contributed by atoms with Crippen LogP contribution in [-0.2, 0) is 38.8 Å². The lowest BCUT2D eigenvalue weighted by molar-refractivity contribution is -0.118. The Labute approximate surface area is 834 Å². The van der Waals surface area contributed by atoms with Gasteiger partial charge >= 0.3 is 0 Å². The molecule has 32 nitrogen and oxygen atoms in total. The van der Waals surface area contributed by atoms with E-state index >= 15 is 0 Å². The van der Waals surface area contributed by atoms with Crippen LogP contribution in [0.2, 0.25) is 0 Å². The van der Waals surface area contributed by atoms with Crippen LogP contribution in [0.25, 0.3) is 88.1 Å². The van der Waals surface area contributed by atoms with Gasteiger partial charge in [-0.2, -0.15) is 20.4 Å². The van der Waals surface area contributed by atoms with Crippen molar-refractivity contribution in [3.8, 4) is 56.0 Å². The zero-order chi connectivity index (χ0) is 98.6. The molecule has 8 amide bonds. The van der Waals surface area contributed by atoms with E-state index in [0.717, 1.165) is 199 Å². The number of nitrogens with one attached hydrogen (secondary N) is 12. The minimum Gasteiger partial charge on any atom is -0.456 e. The molecule has 4 saturated carbocycles. The number of H-pyrrole nitrogens is 4. The molecule has 7 fully saturated rings. The number of para-hydroxylation sites is 9. The summed E-state index contributed by atoms with van der Waals surface area (Å²) in [5.41, 5.74) is 19.9. The number of hydrogen-bond donors (Lipinski definition) is 12. The molecular weight excluding hydrogens is 1820 g/mol. The molecule has 24 rings (SSSR count). The highest BCUT2D eigenvalue weighted by atomic mass is 16.5. The van der Waals surface area contributed by atoms with Crippen molar-refractivity contribution >= 4 is 136 Å². The molecule has 0 radical (unpaired) electrons. The molecule has 12 N–H and O–H groups in total. The van der Waals surface area contributed by atoms with Crippen molar-refractivity contribution in [3.63, 3.8) is 0 Å². The van der Waals surface area contributed by atoms with Gasteiger partial charge in [-0.1, -0.05) is 97.4 Å². The minimum absolute atomic E-state index is 0.00677. The molecule has 9 aromatic carbocycles. The highest BCUT2D eigenvalue weighted by molar-refractivity contribution is 6.17. The summed E-state index contributed by atoms with van der Waals surface area (Å²) < 4.78 is 5.92. The molecule has 32 heteroatoms. The number of carbonyl (C=O) groups excluding carboxylic acids is 8. The maximum atomic E-state index is 13.3. The van der Waals surface area contributed by atoms with E-state index in [1.807, 2.05) is 189 Å². The normalized spacial score (nSPS) is 15.0. The molecule has 0 spiro atoms. The van der Waals surface area contributed by atoms with Crippen LogP contribution in [0.3, 0.4) is 0 Å². The van der Waals surface area contributed by atoms with Gasteiger partial charge in [-0.3, -0.25) is 93.4 Å². The number of benzene rings is 9. The molecule has 0 bridgehead atoms. The Balaban J connectivity index is 0.000000114. The zero-order valence-electron chi connectivity index (χ0n) is 79.6. The summed E-state index contributed by atoms with van der Waals surface area (Å²) in [6, 6.07) is 70.2. The monoisotopic (exact) mass is 1930 g/mol. The van der Waals surface area contributed by atoms with Gasteiger partial charge in [-0.05, 0) is 295 Å². The Bertz CT molecular complexity index is 7710. The van der Waals surface area contributed by atoms with Crippen molar-refractivity contribution in [2.24, 2.45) is 23.7 Å². The number of piperidine rings is 1. The number of anilines is 8. The first-order valence-electron chi connectivity index (χ1n) is 49.5. The van der Waals surface area contributed by atoms with Crippen LogP contribution in [0, 0.1) is 23.7 Å². The standard InChI is InChI=1S/C29H30N6O2.C29H23N5O3.C28H28N6O2.C27H26N6O2/c36-28(20-8-9-20)31-25-6-2-3-7-26(25)32-29(37)27-23-15-21(10-11-24(23)33-34-27)22-14-19(16-30-17-22)18-35-12-4-1-5-13-35;35-28(18-10-11-18)31-25-8-4-5-9-26(25)32-29(36)27-23-15-19(12-13-24(23)33-34-27)20-14-22(17-30-16-20)37-21-6-2-1-3-7-21;35-27(19-7-8-19)30-24-5-1-2-6-25(24)31-28(36)26-22-14-20(9-10-23(22)32-33-26)21-13-18(15-29-16-21)17-34-11-3-4-12-34;34-26(18-6-7-18)29-23-4-1-2-5-24(23)30-27(35)25-21-13-19(8-9-22(21)31-32-25)20-12-17(14-28-15-20)16-33-10-3-11-33/h2-3,6-7,10-11,14-17,20H,1,4-5,8-9,12-13,18H2,(H,31,36)(H,32,37)(H,33,34);1-9,12-18H,10-11H2,(H,31,35)(H,32,36)(H,33,34);1-2,5-6,9-10,13-16,19H,3-4,7-8,11-12,17H2,(H,30,35)(H,31,36)(H,32,33);1-2,4-5,8-9,12-15,18H,3,6-7,10-11,16H2,(H,29,34)(H,30,35)(H,31,32). The summed E-state index contributed by atoms with van der Waals surface area (Å²) in [5, 5.41) is 55.2. The molecular formula is C113H107N23O9. The SMILES string of the molecule is O=C(Nc1ccccc1NC(=O)C1CC1)c1n[nH]c2ccc(-c3cncc(CN4CCC4)c3)cc12.O=C(Nc1ccccc1NC(=O)C1CC1)c1n[nH]c2ccc(-c3cncc(CN4CCCC4)c3)cc12.O=C(Nc1ccccc1NC(=O)C1CC1)c1n[nH]c2ccc(-c3cncc(CN4CCCCC4)c3)cc12.O=C(Nc1ccccc1NC(=O)C1CC1)c1n[nH]c2ccc(-c3cncc(Oc4ccccc4)c3)cc12. The average Bonchev–Trinajstić information content (AvgIpc) is 1.67. The summed E-state index contributed by atoms with van der Waals surface area (Å²) in [7, 11) is 0. The number of rotatable bonds is 28. The zero-order valence-corrected chi connectivity index (χ0v) is 79.6. The number of pyridine rings is 4. The Morgan fingerprint density at radius 3 is 0.786 bits per heavy atom. The first kappa shape index (κ1) is 94.2. The molecule has 728 valence electrons. The smallest absolute Gasteiger partial charge is 0.276 e. The van der Waals surface area contributed by atoms with Gasteiger partial charge in [-0.15, -0.1) is 0 Å². The van der Waals surface area contributed by atoms with Gasteiger partial charge < -0.3 is 47.3 Å². The fourth-order valence-electron chi connectivity index (χ4n) is 18.1. The van der Waals surface area contributed by atoms with Crippen LogP contribution < -0.4 is 47.3 Å². The number of aromatic amines is 4. The number of hydrogen-bond acceptors (Lipinski definition) is 20. The van der Waals surface area contributed by atoms with Crippen molar-refractivity contribution in [2.75, 3.05) is 81.8 Å². The van der Waals surface area contributed by atoms with Crippen LogP contribution in [0.1, 0.15) is 149 Å². The van der Waals surface area contributed by atoms with Crippen molar-refractivity contribution < 1.29 is 43.1 Å². The topological polar surface area (TPSA) is 418 Å². The molecule has 0 unspecified atom stereocenters. The van der Waals surface area contributed by atoms with Crippen LogP contribution in [-0.4, -0.2) is 162 Å². The van der Waals surface area contributed by atoms with E-state index in [4.69, 9.17) is 4.74 Å². The average molecular weight is 1930 g/mol. The Morgan fingerprint density at radius 1 is 0.255 bits per heavy atom. The molecule has 7 aliphatic rings. The van der Waals surface area contributed by atoms with Gasteiger partial charge in [0, 0.05) is 130 Å². The largest absolute Gasteiger partial charge is 0.456 e. The molecule has 0 atom stereocenters. The fourth-order valence-corrected chi connectivity index (χ4v) is 18.1. The first-order valence-corrected chi connectivity index (χ1v) is 49.5. The van der Waals surface area contributed by atoms with E-state index < -0.39 is 0 Å². The molecule has 145 heavy (non-hydrogen) atoms. The van der Waals surface area contributed by atoms with Gasteiger partial charge in [0.25, 0.3) is 23.6 Å². The summed E-state index contributed by atoms with van der Waals surface area (Å²) in [6.07, 6.45) is 29.6. The predicted molar refractivity (Wildman–Crippen MR) is 560 cm³/mol. The number of aromatic nitrogens is 12. The van der Waals surface area contributed by atoms with Crippen molar-refractivity contribution in [3.05, 3.63) is 313 Å². The van der Waals surface area contributed by atoms with Crippen LogP contribution in [0.4, 0.5) is 45.5 Å². The third-order valence-electron chi connectivity index (χ3n) is 26.9. The number of carbonyl (C=O) groups is 8. The maximum Gasteiger partial charge on any atom is 0.276 e. The van der Waals surface area contributed by atoms with E-state index in [1.54, 1.807) is 67.0 Å². The molecule has 3 aliphatic heterocycles. The number of fused-ring (bicyclic) bond motifs is 4. The van der Waals surface area contributed by atoms with Gasteiger partial charge in [-0.25, -0.2) is 0 Å². The Hall–Kier alpha value is -17.1. The summed E-state index contributed by atoms with van der Waals surface area (Å²) in [4.78, 5) is 127. The quantitative estimate of drug-likeness (QED) is 0.0217. The molecule has 17 aromatic rings. The lowest BCUT2D eigenvalue weighted by Gasteiger charge is -2.30. The molecule has 4 aliphatic carbocycles. The third kappa shape index (κ3) is 23.2. The highest BCUT2D eigenvalue weighted by Gasteiger charge is 2.35. The lowest BCUT2D eigenvalue weighted by Crippen LogP contribution is -2.36. The number of ether oxygens (including phenoxy) is 1. The second kappa shape index (κ2) is 43.2. The second-order valence-corrected chi connectivity index (χ2v) is 37.9. The van der Waals surface area contributed by atoms with E-state index in [1.165, 1.54) is 55.2 Å². The van der Waals surface area contributed by atoms with E-state index in [-0.39, 0.29) is 76.6 Å². The van der Waals surface area contributed by atoms with Gasteiger partial charge in [0.15, 0.2) is 22.8 Å². The maximum absolute atomic E-state index is 13.3. The van der Waals surface area contributed by atoms with Crippen LogP contribution in [0.5, 0.6) is 11.5 Å². The Kier molecular flexibility index (Phi) is 28.0. The lowest BCUT2D eigenvalue weighted by atomic mass is 10.0. The first-order chi connectivity index (χ1) is 71.0. The summed E-state index contributed by atoms with van der Waals surface area (Å²) in [5.74, 6) is 0.169. The number of nitrogens with zero attached hydrogens (tertiary/aromatic N) is 11. The van der Waals surface area contributed by atoms with E-state index in [9.17, 15) is 38.4 Å².